The van der Waals surface area contributed by atoms with E-state index in [4.69, 9.17) is 9.15 Å². The lowest BCUT2D eigenvalue weighted by Crippen LogP contribution is -2.33. The molecule has 0 aliphatic carbocycles. The first-order valence-corrected chi connectivity index (χ1v) is 9.31. The maximum atomic E-state index is 12.6. The SMILES string of the molecule is CC(C)COCC(NC(=O)c1ccn(C2CCCNC2)n1)c1ccco1.Cl. The molecule has 2 aromatic heterocycles. The molecule has 150 valence electrons. The molecule has 1 amide bonds. The van der Waals surface area contributed by atoms with Crippen molar-refractivity contribution in [2.45, 2.75) is 38.8 Å². The third-order valence-electron chi connectivity index (χ3n) is 4.41. The van der Waals surface area contributed by atoms with Gasteiger partial charge in [0, 0.05) is 19.3 Å². The molecule has 0 aromatic carbocycles. The topological polar surface area (TPSA) is 81.3 Å². The number of nitrogens with one attached hydrogen (secondary N) is 2. The zero-order valence-corrected chi connectivity index (χ0v) is 16.7. The molecule has 1 saturated heterocycles. The molecule has 3 heterocycles. The molecule has 8 heteroatoms. The van der Waals surface area contributed by atoms with Gasteiger partial charge in [0.25, 0.3) is 5.91 Å². The molecule has 2 aromatic rings. The van der Waals surface area contributed by atoms with Crippen LogP contribution < -0.4 is 10.6 Å². The van der Waals surface area contributed by atoms with Gasteiger partial charge in [-0.2, -0.15) is 5.10 Å². The lowest BCUT2D eigenvalue weighted by molar-refractivity contribution is 0.0727. The van der Waals surface area contributed by atoms with Gasteiger partial charge in [0.2, 0.25) is 0 Å². The molecule has 2 unspecified atom stereocenters. The second kappa shape index (κ2) is 10.5. The average Bonchev–Trinajstić information content (AvgIpc) is 3.33. The van der Waals surface area contributed by atoms with E-state index >= 15 is 0 Å². The van der Waals surface area contributed by atoms with Crippen molar-refractivity contribution >= 4 is 18.3 Å². The molecular weight excluding hydrogens is 368 g/mol. The Morgan fingerprint density at radius 1 is 1.44 bits per heavy atom. The van der Waals surface area contributed by atoms with E-state index in [1.165, 1.54) is 0 Å². The number of furan rings is 1. The first kappa shape index (κ1) is 21.5. The Morgan fingerprint density at radius 3 is 2.96 bits per heavy atom. The van der Waals surface area contributed by atoms with Gasteiger partial charge in [-0.1, -0.05) is 13.8 Å². The number of piperidine rings is 1. The van der Waals surface area contributed by atoms with Crippen molar-refractivity contribution < 1.29 is 13.9 Å². The zero-order chi connectivity index (χ0) is 18.4. The Balaban J connectivity index is 0.00000261. The molecular formula is C19H29ClN4O3. The highest BCUT2D eigenvalue weighted by molar-refractivity contribution is 5.92. The fourth-order valence-corrected chi connectivity index (χ4v) is 3.06. The summed E-state index contributed by atoms with van der Waals surface area (Å²) in [6.07, 6.45) is 5.68. The summed E-state index contributed by atoms with van der Waals surface area (Å²) >= 11 is 0. The van der Waals surface area contributed by atoms with Gasteiger partial charge < -0.3 is 19.8 Å². The van der Waals surface area contributed by atoms with Crippen molar-refractivity contribution in [2.24, 2.45) is 5.92 Å². The van der Waals surface area contributed by atoms with E-state index in [2.05, 4.69) is 29.6 Å². The van der Waals surface area contributed by atoms with E-state index in [1.54, 1.807) is 12.3 Å². The lowest BCUT2D eigenvalue weighted by Gasteiger charge is -2.23. The third kappa shape index (κ3) is 6.09. The second-order valence-electron chi connectivity index (χ2n) is 7.15. The molecule has 0 spiro atoms. The number of hydrogen-bond acceptors (Lipinski definition) is 5. The maximum absolute atomic E-state index is 12.6. The van der Waals surface area contributed by atoms with Crippen LogP contribution >= 0.6 is 12.4 Å². The van der Waals surface area contributed by atoms with Gasteiger partial charge in [0.1, 0.15) is 17.5 Å². The monoisotopic (exact) mass is 396 g/mol. The van der Waals surface area contributed by atoms with Crippen molar-refractivity contribution in [3.63, 3.8) is 0 Å². The van der Waals surface area contributed by atoms with Gasteiger partial charge in [-0.3, -0.25) is 9.48 Å². The summed E-state index contributed by atoms with van der Waals surface area (Å²) in [4.78, 5) is 12.6. The largest absolute Gasteiger partial charge is 0.467 e. The molecule has 3 rings (SSSR count). The fourth-order valence-electron chi connectivity index (χ4n) is 3.06. The van der Waals surface area contributed by atoms with Gasteiger partial charge in [-0.15, -0.1) is 12.4 Å². The quantitative estimate of drug-likeness (QED) is 0.716. The minimum Gasteiger partial charge on any atom is -0.467 e. The van der Waals surface area contributed by atoms with Crippen LogP contribution in [0.25, 0.3) is 0 Å². The molecule has 0 bridgehead atoms. The zero-order valence-electron chi connectivity index (χ0n) is 15.9. The Kier molecular flexibility index (Phi) is 8.34. The number of nitrogens with zero attached hydrogens (tertiary/aromatic N) is 2. The number of amides is 1. The van der Waals surface area contributed by atoms with Gasteiger partial charge in [-0.25, -0.2) is 0 Å². The van der Waals surface area contributed by atoms with Crippen molar-refractivity contribution in [2.75, 3.05) is 26.3 Å². The van der Waals surface area contributed by atoms with Crippen LogP contribution in [0.15, 0.2) is 35.1 Å². The normalized spacial score (nSPS) is 18.1. The molecule has 2 atom stereocenters. The van der Waals surface area contributed by atoms with Crippen molar-refractivity contribution in [1.82, 2.24) is 20.4 Å². The standard InChI is InChI=1S/C19H28N4O3.ClH/c1-14(2)12-25-13-17(18-6-4-10-26-18)21-19(24)16-7-9-23(22-16)15-5-3-8-20-11-15;/h4,6-7,9-10,14-15,17,20H,3,5,8,11-13H2,1-2H3,(H,21,24);1H. The van der Waals surface area contributed by atoms with Crippen LogP contribution in [-0.4, -0.2) is 42.0 Å². The summed E-state index contributed by atoms with van der Waals surface area (Å²) in [6, 6.07) is 5.38. The molecule has 1 fully saturated rings. The van der Waals surface area contributed by atoms with E-state index in [-0.39, 0.29) is 24.4 Å². The van der Waals surface area contributed by atoms with Crippen LogP contribution in [0.4, 0.5) is 0 Å². The minimum atomic E-state index is -0.335. The van der Waals surface area contributed by atoms with Gasteiger partial charge in [-0.05, 0) is 43.5 Å². The summed E-state index contributed by atoms with van der Waals surface area (Å²) < 4.78 is 13.1. The molecule has 2 N–H and O–H groups in total. The number of hydrogen-bond donors (Lipinski definition) is 2. The number of ether oxygens (including phenoxy) is 1. The van der Waals surface area contributed by atoms with Crippen LogP contribution in [0.2, 0.25) is 0 Å². The smallest absolute Gasteiger partial charge is 0.272 e. The summed E-state index contributed by atoms with van der Waals surface area (Å²) in [7, 11) is 0. The van der Waals surface area contributed by atoms with Crippen LogP contribution in [0, 0.1) is 5.92 Å². The number of halogens is 1. The average molecular weight is 397 g/mol. The molecule has 0 radical (unpaired) electrons. The molecule has 1 aliphatic rings. The van der Waals surface area contributed by atoms with Crippen LogP contribution in [-0.2, 0) is 4.74 Å². The summed E-state index contributed by atoms with van der Waals surface area (Å²) in [5, 5.41) is 10.8. The summed E-state index contributed by atoms with van der Waals surface area (Å²) in [5.74, 6) is 0.892. The van der Waals surface area contributed by atoms with Gasteiger partial charge >= 0.3 is 0 Å². The Hall–Kier alpha value is -1.83. The Morgan fingerprint density at radius 2 is 2.30 bits per heavy atom. The number of rotatable bonds is 8. The highest BCUT2D eigenvalue weighted by atomic mass is 35.5. The molecule has 7 nitrogen and oxygen atoms in total. The number of carbonyl (C=O) groups is 1. The van der Waals surface area contributed by atoms with E-state index in [0.717, 1.165) is 25.9 Å². The van der Waals surface area contributed by atoms with E-state index < -0.39 is 0 Å². The number of aromatic nitrogens is 2. The van der Waals surface area contributed by atoms with Crippen LogP contribution in [0.5, 0.6) is 0 Å². The Labute approximate surface area is 166 Å². The predicted octanol–water partition coefficient (Wildman–Crippen LogP) is 2.97. The van der Waals surface area contributed by atoms with Crippen molar-refractivity contribution in [3.05, 3.63) is 42.1 Å². The van der Waals surface area contributed by atoms with E-state index in [1.807, 2.05) is 23.0 Å². The maximum Gasteiger partial charge on any atom is 0.272 e. The Bertz CT molecular complexity index is 681. The van der Waals surface area contributed by atoms with Crippen LogP contribution in [0.3, 0.4) is 0 Å². The molecule has 0 saturated carbocycles. The molecule has 1 aliphatic heterocycles. The fraction of sp³-hybridized carbons (Fsp3) is 0.579. The highest BCUT2D eigenvalue weighted by Crippen LogP contribution is 2.17. The minimum absolute atomic E-state index is 0. The number of carbonyl (C=O) groups excluding carboxylic acids is 1. The van der Waals surface area contributed by atoms with Gasteiger partial charge in [0.15, 0.2) is 0 Å². The van der Waals surface area contributed by atoms with Crippen molar-refractivity contribution in [3.8, 4) is 0 Å². The molecule has 27 heavy (non-hydrogen) atoms. The summed E-state index contributed by atoms with van der Waals surface area (Å²) in [5.41, 5.74) is 0.413. The van der Waals surface area contributed by atoms with Crippen molar-refractivity contribution in [1.29, 1.82) is 0 Å². The highest BCUT2D eigenvalue weighted by Gasteiger charge is 2.22. The predicted molar refractivity (Wildman–Crippen MR) is 105 cm³/mol. The van der Waals surface area contributed by atoms with Gasteiger partial charge in [0.05, 0.1) is 18.9 Å². The lowest BCUT2D eigenvalue weighted by atomic mass is 10.1. The van der Waals surface area contributed by atoms with E-state index in [0.29, 0.717) is 36.6 Å². The van der Waals surface area contributed by atoms with E-state index in [9.17, 15) is 4.79 Å². The summed E-state index contributed by atoms with van der Waals surface area (Å²) in [6.45, 7) is 7.12. The second-order valence-corrected chi connectivity index (χ2v) is 7.15. The first-order valence-electron chi connectivity index (χ1n) is 9.31. The van der Waals surface area contributed by atoms with Crippen LogP contribution in [0.1, 0.15) is 55.0 Å². The first-order chi connectivity index (χ1) is 12.6. The third-order valence-corrected chi connectivity index (χ3v) is 4.41.